The number of allylic oxidation sites excluding steroid dienone is 4. The van der Waals surface area contributed by atoms with E-state index in [2.05, 4.69) is 222 Å². The predicted octanol–water partition coefficient (Wildman–Crippen LogP) is 16.6. The molecule has 57 heavy (non-hydrogen) atoms. The van der Waals surface area contributed by atoms with Crippen LogP contribution in [0.1, 0.15) is 110 Å². The Bertz CT molecular complexity index is 2420. The first-order chi connectivity index (χ1) is 27.4. The largest absolute Gasteiger partial charge is 0.0622 e. The first-order valence-corrected chi connectivity index (χ1v) is 21.3. The van der Waals surface area contributed by atoms with Gasteiger partial charge in [-0.15, -0.1) is 0 Å². The van der Waals surface area contributed by atoms with Crippen molar-refractivity contribution in [2.24, 2.45) is 16.7 Å². The molecule has 290 valence electrons. The quantitative estimate of drug-likeness (QED) is 0.138. The molecule has 6 aromatic carbocycles. The Morgan fingerprint density at radius 3 is 1.40 bits per heavy atom. The van der Waals surface area contributed by atoms with Gasteiger partial charge in [0.05, 0.1) is 0 Å². The molecule has 1 aliphatic rings. The lowest BCUT2D eigenvalue weighted by Gasteiger charge is -2.59. The van der Waals surface area contributed by atoms with Gasteiger partial charge < -0.3 is 0 Å². The molecule has 2 unspecified atom stereocenters. The molecule has 0 amide bonds. The first-order valence-electron chi connectivity index (χ1n) is 21.3. The summed E-state index contributed by atoms with van der Waals surface area (Å²) < 4.78 is 0. The standard InChI is InChI=1S/C57H62/c1-12-46-49(42-27-17-13-18-28-42)50(43-29-19-14-20-30-43)51(44-31-21-15-22-32-44)52(48-36-26-25-35-47(48)37(2)3)53(46)55-41(8)39(6)40(7)54(45-33-23-16-24-34-45)57(55,38(4)5)56(9,10)11/h13-38,54H,12H2,1-11H3. The maximum absolute atomic E-state index is 2.52. The van der Waals surface area contributed by atoms with Crippen molar-refractivity contribution in [2.75, 3.05) is 0 Å². The highest BCUT2D eigenvalue weighted by Crippen LogP contribution is 2.69. The normalized spacial score (nSPS) is 17.5. The summed E-state index contributed by atoms with van der Waals surface area (Å²) >= 11 is 0. The van der Waals surface area contributed by atoms with Crippen molar-refractivity contribution in [3.63, 3.8) is 0 Å². The molecule has 0 heteroatoms. The summed E-state index contributed by atoms with van der Waals surface area (Å²) in [6, 6.07) is 54.5. The van der Waals surface area contributed by atoms with Gasteiger partial charge in [0.25, 0.3) is 0 Å². The minimum atomic E-state index is -0.274. The van der Waals surface area contributed by atoms with Gasteiger partial charge in [0, 0.05) is 11.3 Å². The topological polar surface area (TPSA) is 0 Å². The molecule has 7 rings (SSSR count). The molecule has 0 fully saturated rings. The molecule has 1 aliphatic carbocycles. The van der Waals surface area contributed by atoms with Crippen LogP contribution in [-0.4, -0.2) is 0 Å². The van der Waals surface area contributed by atoms with Crippen LogP contribution in [0, 0.1) is 16.7 Å². The minimum absolute atomic E-state index is 0.127. The van der Waals surface area contributed by atoms with Gasteiger partial charge in [0.1, 0.15) is 0 Å². The summed E-state index contributed by atoms with van der Waals surface area (Å²) in [7, 11) is 0. The second-order valence-electron chi connectivity index (χ2n) is 18.0. The van der Waals surface area contributed by atoms with Crippen LogP contribution in [0.5, 0.6) is 0 Å². The molecule has 0 N–H and O–H groups in total. The van der Waals surface area contributed by atoms with Crippen LogP contribution < -0.4 is 0 Å². The van der Waals surface area contributed by atoms with E-state index in [-0.39, 0.29) is 16.7 Å². The number of benzene rings is 6. The fraction of sp³-hybridized carbons (Fsp3) is 0.298. The monoisotopic (exact) mass is 746 g/mol. The second-order valence-corrected chi connectivity index (χ2v) is 18.0. The van der Waals surface area contributed by atoms with E-state index in [4.69, 9.17) is 0 Å². The third-order valence-electron chi connectivity index (χ3n) is 13.4. The molecule has 0 saturated carbocycles. The van der Waals surface area contributed by atoms with E-state index in [9.17, 15) is 0 Å². The van der Waals surface area contributed by atoms with Gasteiger partial charge >= 0.3 is 0 Å². The predicted molar refractivity (Wildman–Crippen MR) is 249 cm³/mol. The minimum Gasteiger partial charge on any atom is -0.0622 e. The summed E-state index contributed by atoms with van der Waals surface area (Å²) in [6.07, 6.45) is 0.887. The van der Waals surface area contributed by atoms with E-state index < -0.39 is 0 Å². The molecule has 0 nitrogen and oxygen atoms in total. The van der Waals surface area contributed by atoms with Crippen LogP contribution >= 0.6 is 0 Å². The molecule has 6 aromatic rings. The summed E-state index contributed by atoms with van der Waals surface area (Å²) in [5.41, 5.74) is 21.5. The Balaban J connectivity index is 1.87. The highest BCUT2D eigenvalue weighted by molar-refractivity contribution is 6.09. The maximum Gasteiger partial charge on any atom is 0.0156 e. The summed E-state index contributed by atoms with van der Waals surface area (Å²) in [5, 5.41) is 0. The zero-order valence-electron chi connectivity index (χ0n) is 36.3. The highest BCUT2D eigenvalue weighted by Gasteiger charge is 2.57. The van der Waals surface area contributed by atoms with Crippen LogP contribution in [0.4, 0.5) is 0 Å². The molecule has 0 spiro atoms. The zero-order chi connectivity index (χ0) is 40.6. The van der Waals surface area contributed by atoms with Crippen LogP contribution in [0.2, 0.25) is 0 Å². The van der Waals surface area contributed by atoms with Crippen LogP contribution in [0.3, 0.4) is 0 Å². The molecule has 0 radical (unpaired) electrons. The lowest BCUT2D eigenvalue weighted by molar-refractivity contribution is 0.0735. The lowest BCUT2D eigenvalue weighted by Crippen LogP contribution is -2.49. The van der Waals surface area contributed by atoms with Gasteiger partial charge in [-0.05, 0) is 128 Å². The maximum atomic E-state index is 2.52. The van der Waals surface area contributed by atoms with Gasteiger partial charge in [0.2, 0.25) is 0 Å². The number of hydrogen-bond donors (Lipinski definition) is 0. The van der Waals surface area contributed by atoms with Crippen molar-refractivity contribution >= 4 is 5.57 Å². The van der Waals surface area contributed by atoms with Crippen molar-refractivity contribution < 1.29 is 0 Å². The summed E-state index contributed by atoms with van der Waals surface area (Å²) in [6.45, 7) is 27.0. The SMILES string of the molecule is CCc1c(C2=C(C)C(C)=C(C)C(c3ccccc3)C2(C(C)C)C(C)(C)C)c(-c2ccccc2C(C)C)c(-c2ccccc2)c(-c2ccccc2)c1-c1ccccc1. The van der Waals surface area contributed by atoms with Gasteiger partial charge in [-0.25, -0.2) is 0 Å². The first kappa shape index (κ1) is 40.0. The van der Waals surface area contributed by atoms with E-state index in [0.29, 0.717) is 11.8 Å². The molecule has 2 atom stereocenters. The summed E-state index contributed by atoms with van der Waals surface area (Å²) in [5.74, 6) is 0.823. The van der Waals surface area contributed by atoms with Crippen molar-refractivity contribution in [3.05, 3.63) is 185 Å². The molecule has 0 aromatic heterocycles. The molecule has 0 heterocycles. The smallest absolute Gasteiger partial charge is 0.0156 e. The Morgan fingerprint density at radius 1 is 0.509 bits per heavy atom. The Labute approximate surface area is 344 Å². The van der Waals surface area contributed by atoms with E-state index >= 15 is 0 Å². The fourth-order valence-electron chi connectivity index (χ4n) is 11.0. The number of hydrogen-bond acceptors (Lipinski definition) is 0. The van der Waals surface area contributed by atoms with Crippen LogP contribution in [0.15, 0.2) is 162 Å². The molecule has 0 aliphatic heterocycles. The highest BCUT2D eigenvalue weighted by atomic mass is 14.6. The second kappa shape index (κ2) is 16.0. The van der Waals surface area contributed by atoms with Gasteiger partial charge in [-0.2, -0.15) is 0 Å². The van der Waals surface area contributed by atoms with Crippen LogP contribution in [0.25, 0.3) is 50.1 Å². The van der Waals surface area contributed by atoms with Crippen LogP contribution in [-0.2, 0) is 6.42 Å². The van der Waals surface area contributed by atoms with Gasteiger partial charge in [-0.1, -0.05) is 207 Å². The average Bonchev–Trinajstić information content (AvgIpc) is 3.22. The van der Waals surface area contributed by atoms with E-state index in [1.54, 1.807) is 0 Å². The van der Waals surface area contributed by atoms with Crippen molar-refractivity contribution in [2.45, 2.75) is 94.4 Å². The third kappa shape index (κ3) is 6.66. The Morgan fingerprint density at radius 2 is 0.947 bits per heavy atom. The average molecular weight is 747 g/mol. The molecular formula is C57H62. The lowest BCUT2D eigenvalue weighted by atomic mass is 9.44. The zero-order valence-corrected chi connectivity index (χ0v) is 36.3. The van der Waals surface area contributed by atoms with Gasteiger partial charge in [0.15, 0.2) is 0 Å². The van der Waals surface area contributed by atoms with E-state index in [1.807, 2.05) is 0 Å². The van der Waals surface area contributed by atoms with E-state index in [1.165, 1.54) is 89.1 Å². The van der Waals surface area contributed by atoms with Crippen molar-refractivity contribution in [3.8, 4) is 44.5 Å². The number of rotatable bonds is 9. The van der Waals surface area contributed by atoms with Gasteiger partial charge in [-0.3, -0.25) is 0 Å². The van der Waals surface area contributed by atoms with Crippen molar-refractivity contribution in [1.29, 1.82) is 0 Å². The molecule has 0 saturated heterocycles. The fourth-order valence-corrected chi connectivity index (χ4v) is 11.0. The Hall–Kier alpha value is -5.20. The molecular weight excluding hydrogens is 685 g/mol. The van der Waals surface area contributed by atoms with Crippen molar-refractivity contribution in [1.82, 2.24) is 0 Å². The molecule has 0 bridgehead atoms. The van der Waals surface area contributed by atoms with E-state index in [0.717, 1.165) is 6.42 Å². The summed E-state index contributed by atoms with van der Waals surface area (Å²) in [4.78, 5) is 0. The third-order valence-corrected chi connectivity index (χ3v) is 13.4. The Kier molecular flexibility index (Phi) is 11.2.